The zero-order chi connectivity index (χ0) is 15.2. The molecule has 1 aromatic carbocycles. The Morgan fingerprint density at radius 2 is 1.95 bits per heavy atom. The number of benzene rings is 1. The second-order valence-corrected chi connectivity index (χ2v) is 5.70. The van der Waals surface area contributed by atoms with E-state index in [1.54, 1.807) is 17.5 Å². The molecule has 2 aromatic rings. The number of hydrogen-bond acceptors (Lipinski definition) is 4. The van der Waals surface area contributed by atoms with Gasteiger partial charge in [-0.1, -0.05) is 35.9 Å². The lowest BCUT2D eigenvalue weighted by Gasteiger charge is -2.14. The normalized spacial score (nSPS) is 11.7. The third kappa shape index (κ3) is 4.43. The molecule has 0 saturated carbocycles. The topological polar surface area (TPSA) is 55.4 Å². The number of thiophene rings is 1. The van der Waals surface area contributed by atoms with Gasteiger partial charge in [-0.3, -0.25) is 4.79 Å². The molecule has 0 aliphatic heterocycles. The van der Waals surface area contributed by atoms with Crippen molar-refractivity contribution >= 4 is 23.2 Å². The van der Waals surface area contributed by atoms with Gasteiger partial charge in [0, 0.05) is 0 Å². The molecule has 110 valence electrons. The molecule has 0 spiro atoms. The van der Waals surface area contributed by atoms with Crippen LogP contribution in [0.5, 0.6) is 0 Å². The summed E-state index contributed by atoms with van der Waals surface area (Å²) in [5, 5.41) is 4.59. The number of rotatable bonds is 5. The molecule has 4 nitrogen and oxygen atoms in total. The maximum atomic E-state index is 11.8. The third-order valence-corrected chi connectivity index (χ3v) is 3.86. The average molecular weight is 303 g/mol. The van der Waals surface area contributed by atoms with Crippen LogP contribution in [0.25, 0.3) is 0 Å². The van der Waals surface area contributed by atoms with Gasteiger partial charge in [-0.05, 0) is 30.9 Å². The first-order valence-corrected chi connectivity index (χ1v) is 7.51. The summed E-state index contributed by atoms with van der Waals surface area (Å²) in [5.74, 6) is -0.781. The van der Waals surface area contributed by atoms with Crippen LogP contribution in [0.1, 0.15) is 33.8 Å². The minimum atomic E-state index is -0.469. The average Bonchev–Trinajstić information content (AvgIpc) is 2.99. The van der Waals surface area contributed by atoms with Crippen LogP contribution < -0.4 is 5.32 Å². The quantitative estimate of drug-likeness (QED) is 0.864. The first-order chi connectivity index (χ1) is 10.1. The van der Waals surface area contributed by atoms with Gasteiger partial charge in [0.25, 0.3) is 5.91 Å². The summed E-state index contributed by atoms with van der Waals surface area (Å²) in [6.07, 6.45) is 0. The number of carbonyl (C=O) groups excluding carboxylic acids is 2. The van der Waals surface area contributed by atoms with Gasteiger partial charge in [-0.25, -0.2) is 4.79 Å². The molecule has 1 N–H and O–H groups in total. The van der Waals surface area contributed by atoms with Crippen molar-refractivity contribution in [3.63, 3.8) is 0 Å². The van der Waals surface area contributed by atoms with Crippen molar-refractivity contribution in [2.24, 2.45) is 0 Å². The van der Waals surface area contributed by atoms with Gasteiger partial charge >= 0.3 is 5.97 Å². The minimum absolute atomic E-state index is 0.126. The van der Waals surface area contributed by atoms with Crippen molar-refractivity contribution in [1.29, 1.82) is 0 Å². The van der Waals surface area contributed by atoms with E-state index >= 15 is 0 Å². The molecule has 0 unspecified atom stereocenters. The predicted molar refractivity (Wildman–Crippen MR) is 82.3 cm³/mol. The monoisotopic (exact) mass is 303 g/mol. The standard InChI is InChI=1S/C16H17NO3S/c1-11-5-7-13(8-6-11)12(2)17-15(18)10-20-16(19)14-4-3-9-21-14/h3-9,12H,10H2,1-2H3,(H,17,18)/t12-/m1/s1. The zero-order valence-electron chi connectivity index (χ0n) is 12.0. The molecule has 5 heteroatoms. The summed E-state index contributed by atoms with van der Waals surface area (Å²) in [4.78, 5) is 23.9. The summed E-state index contributed by atoms with van der Waals surface area (Å²) in [7, 11) is 0. The predicted octanol–water partition coefficient (Wildman–Crippen LogP) is 3.09. The second kappa shape index (κ2) is 7.04. The van der Waals surface area contributed by atoms with Crippen molar-refractivity contribution in [3.05, 3.63) is 57.8 Å². The number of hydrogen-bond donors (Lipinski definition) is 1. The first kappa shape index (κ1) is 15.3. The molecule has 0 aliphatic carbocycles. The first-order valence-electron chi connectivity index (χ1n) is 6.63. The number of aryl methyl sites for hydroxylation is 1. The molecule has 21 heavy (non-hydrogen) atoms. The van der Waals surface area contributed by atoms with E-state index in [-0.39, 0.29) is 18.6 Å². The Kier molecular flexibility index (Phi) is 5.11. The Bertz CT molecular complexity index is 605. The fourth-order valence-electron chi connectivity index (χ4n) is 1.82. The van der Waals surface area contributed by atoms with E-state index in [9.17, 15) is 9.59 Å². The van der Waals surface area contributed by atoms with E-state index in [0.29, 0.717) is 4.88 Å². The van der Waals surface area contributed by atoms with Crippen LogP contribution in [0.2, 0.25) is 0 Å². The zero-order valence-corrected chi connectivity index (χ0v) is 12.8. The smallest absolute Gasteiger partial charge is 0.348 e. The maximum Gasteiger partial charge on any atom is 0.348 e. The summed E-state index contributed by atoms with van der Waals surface area (Å²) in [5.41, 5.74) is 2.18. The molecular formula is C16H17NO3S. The van der Waals surface area contributed by atoms with Crippen LogP contribution in [0.3, 0.4) is 0 Å². The van der Waals surface area contributed by atoms with E-state index < -0.39 is 5.97 Å². The van der Waals surface area contributed by atoms with Crippen LogP contribution in [0.15, 0.2) is 41.8 Å². The highest BCUT2D eigenvalue weighted by Gasteiger charge is 2.13. The van der Waals surface area contributed by atoms with Crippen LogP contribution >= 0.6 is 11.3 Å². The van der Waals surface area contributed by atoms with Crippen LogP contribution in [-0.2, 0) is 9.53 Å². The fourth-order valence-corrected chi connectivity index (χ4v) is 2.43. The van der Waals surface area contributed by atoms with E-state index in [1.807, 2.05) is 38.1 Å². The number of esters is 1. The van der Waals surface area contributed by atoms with Gasteiger partial charge in [-0.2, -0.15) is 0 Å². The van der Waals surface area contributed by atoms with Crippen molar-refractivity contribution in [2.45, 2.75) is 19.9 Å². The summed E-state index contributed by atoms with van der Waals surface area (Å²) in [6.45, 7) is 3.63. The molecule has 1 aromatic heterocycles. The van der Waals surface area contributed by atoms with E-state index in [4.69, 9.17) is 4.74 Å². The highest BCUT2D eigenvalue weighted by molar-refractivity contribution is 7.11. The molecule has 0 aliphatic rings. The van der Waals surface area contributed by atoms with Gasteiger partial charge in [0.05, 0.1) is 6.04 Å². The lowest BCUT2D eigenvalue weighted by atomic mass is 10.1. The molecule has 0 bridgehead atoms. The summed E-state index contributed by atoms with van der Waals surface area (Å²) >= 11 is 1.29. The molecule has 0 radical (unpaired) electrons. The van der Waals surface area contributed by atoms with Crippen molar-refractivity contribution in [2.75, 3.05) is 6.61 Å². The fraction of sp³-hybridized carbons (Fsp3) is 0.250. The molecule has 0 saturated heterocycles. The third-order valence-electron chi connectivity index (χ3n) is 3.01. The van der Waals surface area contributed by atoms with Gasteiger partial charge in [0.2, 0.25) is 0 Å². The van der Waals surface area contributed by atoms with Crippen molar-refractivity contribution in [1.82, 2.24) is 5.32 Å². The highest BCUT2D eigenvalue weighted by atomic mass is 32.1. The molecule has 0 fully saturated rings. The van der Waals surface area contributed by atoms with E-state index in [0.717, 1.165) is 5.56 Å². The second-order valence-electron chi connectivity index (χ2n) is 4.75. The Morgan fingerprint density at radius 3 is 2.57 bits per heavy atom. The summed E-state index contributed by atoms with van der Waals surface area (Å²) < 4.78 is 4.96. The number of amides is 1. The Balaban J connectivity index is 1.81. The SMILES string of the molecule is Cc1ccc([C@@H](C)NC(=O)COC(=O)c2cccs2)cc1. The van der Waals surface area contributed by atoms with Crippen LogP contribution in [-0.4, -0.2) is 18.5 Å². The van der Waals surface area contributed by atoms with E-state index in [2.05, 4.69) is 5.32 Å². The Hall–Kier alpha value is -2.14. The highest BCUT2D eigenvalue weighted by Crippen LogP contribution is 2.13. The van der Waals surface area contributed by atoms with Gasteiger partial charge in [0.15, 0.2) is 6.61 Å². The molecule has 2 rings (SSSR count). The Labute approximate surface area is 127 Å². The van der Waals surface area contributed by atoms with Gasteiger partial charge < -0.3 is 10.1 Å². The lowest BCUT2D eigenvalue weighted by molar-refractivity contribution is -0.124. The largest absolute Gasteiger partial charge is 0.451 e. The molecule has 1 atom stereocenters. The molecular weight excluding hydrogens is 286 g/mol. The number of carbonyl (C=O) groups is 2. The number of ether oxygens (including phenoxy) is 1. The van der Waals surface area contributed by atoms with Crippen LogP contribution in [0.4, 0.5) is 0 Å². The number of nitrogens with one attached hydrogen (secondary N) is 1. The van der Waals surface area contributed by atoms with E-state index in [1.165, 1.54) is 16.9 Å². The lowest BCUT2D eigenvalue weighted by Crippen LogP contribution is -2.31. The van der Waals surface area contributed by atoms with Crippen LogP contribution in [0, 0.1) is 6.92 Å². The molecule has 1 heterocycles. The summed E-state index contributed by atoms with van der Waals surface area (Å²) in [6, 6.07) is 11.2. The Morgan fingerprint density at radius 1 is 1.24 bits per heavy atom. The molecule has 1 amide bonds. The van der Waals surface area contributed by atoms with Gasteiger partial charge in [0.1, 0.15) is 4.88 Å². The van der Waals surface area contributed by atoms with Crippen molar-refractivity contribution < 1.29 is 14.3 Å². The van der Waals surface area contributed by atoms with Crippen molar-refractivity contribution in [3.8, 4) is 0 Å². The van der Waals surface area contributed by atoms with Gasteiger partial charge in [-0.15, -0.1) is 11.3 Å². The maximum absolute atomic E-state index is 11.8. The minimum Gasteiger partial charge on any atom is -0.451 e.